The van der Waals surface area contributed by atoms with Crippen molar-refractivity contribution in [3.8, 4) is 16.9 Å². The molecule has 2 heterocycles. The molecule has 0 radical (unpaired) electrons. The maximum absolute atomic E-state index is 13.1. The Kier molecular flexibility index (Phi) is 4.62. The van der Waals surface area contributed by atoms with Crippen LogP contribution in [0.25, 0.3) is 21.3 Å². The maximum atomic E-state index is 13.1. The fourth-order valence-corrected chi connectivity index (χ4v) is 3.89. The predicted octanol–water partition coefficient (Wildman–Crippen LogP) is 4.09. The minimum absolute atomic E-state index is 0.0179. The van der Waals surface area contributed by atoms with Crippen LogP contribution >= 0.6 is 11.3 Å². The lowest BCUT2D eigenvalue weighted by Crippen LogP contribution is -2.20. The van der Waals surface area contributed by atoms with Gasteiger partial charge in [0.05, 0.1) is 30.3 Å². The van der Waals surface area contributed by atoms with Crippen LogP contribution in [0.1, 0.15) is 5.56 Å². The molecule has 140 valence electrons. The fraction of sp³-hybridized carbons (Fsp3) is 0.100. The predicted molar refractivity (Wildman–Crippen MR) is 108 cm³/mol. The molecular weight excluding hydrogens is 378 g/mol. The molecule has 0 saturated heterocycles. The van der Waals surface area contributed by atoms with Gasteiger partial charge in [-0.2, -0.15) is 0 Å². The van der Waals surface area contributed by atoms with E-state index in [0.717, 1.165) is 22.4 Å². The van der Waals surface area contributed by atoms with E-state index in [-0.39, 0.29) is 17.8 Å². The van der Waals surface area contributed by atoms with Crippen LogP contribution in [0.3, 0.4) is 0 Å². The van der Waals surface area contributed by atoms with E-state index in [1.165, 1.54) is 34.4 Å². The normalized spacial score (nSPS) is 10.9. The van der Waals surface area contributed by atoms with Crippen LogP contribution in [0.2, 0.25) is 0 Å². The Morgan fingerprint density at radius 2 is 1.86 bits per heavy atom. The molecular formula is C20H15N3O4S. The summed E-state index contributed by atoms with van der Waals surface area (Å²) in [4.78, 5) is 28.5. The quantitative estimate of drug-likeness (QED) is 0.376. The Bertz CT molecular complexity index is 1210. The molecule has 0 aliphatic heterocycles. The molecule has 0 amide bonds. The van der Waals surface area contributed by atoms with Crippen molar-refractivity contribution in [1.82, 2.24) is 9.55 Å². The number of fused-ring (bicyclic) bond motifs is 1. The molecule has 0 saturated carbocycles. The van der Waals surface area contributed by atoms with Crippen molar-refractivity contribution in [2.75, 3.05) is 7.11 Å². The van der Waals surface area contributed by atoms with E-state index in [4.69, 9.17) is 4.74 Å². The van der Waals surface area contributed by atoms with Crippen LogP contribution in [0, 0.1) is 10.1 Å². The average molecular weight is 393 g/mol. The number of nitro groups is 1. The van der Waals surface area contributed by atoms with Gasteiger partial charge in [0.25, 0.3) is 11.2 Å². The summed E-state index contributed by atoms with van der Waals surface area (Å²) in [5.74, 6) is 0.747. The van der Waals surface area contributed by atoms with Crippen LogP contribution < -0.4 is 10.3 Å². The van der Waals surface area contributed by atoms with E-state index in [0.29, 0.717) is 10.2 Å². The van der Waals surface area contributed by atoms with Gasteiger partial charge in [0.1, 0.15) is 10.6 Å². The number of aromatic nitrogens is 2. The van der Waals surface area contributed by atoms with E-state index < -0.39 is 4.92 Å². The Morgan fingerprint density at radius 3 is 2.50 bits per heavy atom. The van der Waals surface area contributed by atoms with Gasteiger partial charge in [0, 0.05) is 23.1 Å². The largest absolute Gasteiger partial charge is 0.497 e. The van der Waals surface area contributed by atoms with E-state index in [9.17, 15) is 14.9 Å². The zero-order chi connectivity index (χ0) is 19.7. The number of hydrogen-bond donors (Lipinski definition) is 0. The summed E-state index contributed by atoms with van der Waals surface area (Å²) in [5, 5.41) is 13.3. The lowest BCUT2D eigenvalue weighted by atomic mass is 10.1. The smallest absolute Gasteiger partial charge is 0.269 e. The molecule has 7 nitrogen and oxygen atoms in total. The van der Waals surface area contributed by atoms with E-state index in [1.807, 2.05) is 29.6 Å². The van der Waals surface area contributed by atoms with Gasteiger partial charge < -0.3 is 4.74 Å². The topological polar surface area (TPSA) is 87.3 Å². The minimum atomic E-state index is -0.448. The van der Waals surface area contributed by atoms with Gasteiger partial charge in [-0.3, -0.25) is 19.5 Å². The Morgan fingerprint density at radius 1 is 1.14 bits per heavy atom. The summed E-state index contributed by atoms with van der Waals surface area (Å²) < 4.78 is 6.71. The first-order chi connectivity index (χ1) is 13.6. The standard InChI is InChI=1S/C20H15N3O4S/c1-27-16-8-4-14(5-9-16)17-11-28-19-18(17)20(24)22(12-21-19)10-13-2-6-15(7-3-13)23(25)26/h2-9,11-12H,10H2,1H3. The highest BCUT2D eigenvalue weighted by atomic mass is 32.1. The van der Waals surface area contributed by atoms with Crippen molar-refractivity contribution < 1.29 is 9.66 Å². The number of rotatable bonds is 5. The van der Waals surface area contributed by atoms with Gasteiger partial charge >= 0.3 is 0 Å². The summed E-state index contributed by atoms with van der Waals surface area (Å²) in [6.07, 6.45) is 1.51. The van der Waals surface area contributed by atoms with Crippen molar-refractivity contribution in [3.63, 3.8) is 0 Å². The molecule has 0 aliphatic carbocycles. The van der Waals surface area contributed by atoms with Gasteiger partial charge in [-0.15, -0.1) is 11.3 Å². The fourth-order valence-electron chi connectivity index (χ4n) is 2.98. The molecule has 0 atom stereocenters. The third-order valence-electron chi connectivity index (χ3n) is 4.46. The molecule has 0 N–H and O–H groups in total. The summed E-state index contributed by atoms with van der Waals surface area (Å²) >= 11 is 1.42. The highest BCUT2D eigenvalue weighted by Gasteiger charge is 2.14. The summed E-state index contributed by atoms with van der Waals surface area (Å²) in [6, 6.07) is 13.7. The Labute approximate surface area is 163 Å². The molecule has 0 unspecified atom stereocenters. The zero-order valence-corrected chi connectivity index (χ0v) is 15.7. The van der Waals surface area contributed by atoms with E-state index in [1.54, 1.807) is 19.2 Å². The average Bonchev–Trinajstić information content (AvgIpc) is 3.15. The SMILES string of the molecule is COc1ccc(-c2csc3ncn(Cc4ccc([N+](=O)[O-])cc4)c(=O)c23)cc1. The number of nitro benzene ring substituents is 1. The number of hydrogen-bond acceptors (Lipinski definition) is 6. The molecule has 28 heavy (non-hydrogen) atoms. The van der Waals surface area contributed by atoms with Crippen LogP contribution in [-0.2, 0) is 6.54 Å². The highest BCUT2D eigenvalue weighted by molar-refractivity contribution is 7.17. The third-order valence-corrected chi connectivity index (χ3v) is 5.35. The molecule has 2 aromatic carbocycles. The van der Waals surface area contributed by atoms with Gasteiger partial charge in [-0.05, 0) is 23.3 Å². The minimum Gasteiger partial charge on any atom is -0.497 e. The second kappa shape index (κ2) is 7.24. The first-order valence-electron chi connectivity index (χ1n) is 8.41. The molecule has 0 fully saturated rings. The van der Waals surface area contributed by atoms with Crippen LogP contribution in [-0.4, -0.2) is 21.6 Å². The summed E-state index contributed by atoms with van der Waals surface area (Å²) in [6.45, 7) is 0.289. The van der Waals surface area contributed by atoms with Gasteiger partial charge in [0.2, 0.25) is 0 Å². The van der Waals surface area contributed by atoms with Gasteiger partial charge in [-0.25, -0.2) is 4.98 Å². The number of non-ortho nitro benzene ring substituents is 1. The highest BCUT2D eigenvalue weighted by Crippen LogP contribution is 2.31. The van der Waals surface area contributed by atoms with Crippen molar-refractivity contribution >= 4 is 27.2 Å². The van der Waals surface area contributed by atoms with Gasteiger partial charge in [0.15, 0.2) is 0 Å². The van der Waals surface area contributed by atoms with Gasteiger partial charge in [-0.1, -0.05) is 24.3 Å². The lowest BCUT2D eigenvalue weighted by Gasteiger charge is -2.07. The number of methoxy groups -OCH3 is 1. The first kappa shape index (κ1) is 17.9. The van der Waals surface area contributed by atoms with Crippen molar-refractivity contribution in [2.24, 2.45) is 0 Å². The summed E-state index contributed by atoms with van der Waals surface area (Å²) in [7, 11) is 1.61. The molecule has 0 bridgehead atoms. The maximum Gasteiger partial charge on any atom is 0.269 e. The molecule has 2 aromatic heterocycles. The molecule has 4 aromatic rings. The third kappa shape index (κ3) is 3.25. The monoisotopic (exact) mass is 393 g/mol. The van der Waals surface area contributed by atoms with E-state index in [2.05, 4.69) is 4.98 Å². The van der Waals surface area contributed by atoms with Crippen molar-refractivity contribution in [3.05, 3.63) is 86.3 Å². The second-order valence-corrected chi connectivity index (χ2v) is 7.02. The van der Waals surface area contributed by atoms with E-state index >= 15 is 0 Å². The first-order valence-corrected chi connectivity index (χ1v) is 9.29. The zero-order valence-electron chi connectivity index (χ0n) is 14.9. The van der Waals surface area contributed by atoms with Crippen LogP contribution in [0.5, 0.6) is 5.75 Å². The Balaban J connectivity index is 1.73. The molecule has 0 spiro atoms. The summed E-state index contributed by atoms with van der Waals surface area (Å²) in [5.41, 5.74) is 2.41. The number of benzene rings is 2. The number of ether oxygens (including phenoxy) is 1. The van der Waals surface area contributed by atoms with Crippen molar-refractivity contribution in [2.45, 2.75) is 6.54 Å². The number of nitrogens with zero attached hydrogens (tertiary/aromatic N) is 3. The van der Waals surface area contributed by atoms with Crippen molar-refractivity contribution in [1.29, 1.82) is 0 Å². The Hall–Kier alpha value is -3.52. The molecule has 4 rings (SSSR count). The number of thiophene rings is 1. The lowest BCUT2D eigenvalue weighted by molar-refractivity contribution is -0.384. The molecule has 8 heteroatoms. The van der Waals surface area contributed by atoms with Crippen LogP contribution in [0.4, 0.5) is 5.69 Å². The molecule has 0 aliphatic rings. The second-order valence-electron chi connectivity index (χ2n) is 6.16. The van der Waals surface area contributed by atoms with Crippen LogP contribution in [0.15, 0.2) is 65.0 Å².